The summed E-state index contributed by atoms with van der Waals surface area (Å²) in [6.45, 7) is -0.176. The number of nitrogen functional groups attached to an aromatic ring is 1. The van der Waals surface area contributed by atoms with Crippen molar-refractivity contribution >= 4 is 11.4 Å². The number of benzene rings is 2. The van der Waals surface area contributed by atoms with E-state index in [4.69, 9.17) is 5.73 Å². The molecule has 7 heteroatoms. The fourth-order valence-electron chi connectivity index (χ4n) is 1.64. The van der Waals surface area contributed by atoms with Crippen LogP contribution in [0.5, 0.6) is 0 Å². The molecule has 0 atom stereocenters. The molecule has 0 aliphatic carbocycles. The van der Waals surface area contributed by atoms with Crippen molar-refractivity contribution in [1.82, 2.24) is 0 Å². The maximum atomic E-state index is 13.4. The third-order valence-corrected chi connectivity index (χ3v) is 2.72. The summed E-state index contributed by atoms with van der Waals surface area (Å²) in [5.41, 5.74) is 5.34. The average molecular weight is 288 g/mol. The van der Waals surface area contributed by atoms with Crippen LogP contribution in [-0.4, -0.2) is 0 Å². The Morgan fingerprint density at radius 1 is 0.800 bits per heavy atom. The molecule has 2 rings (SSSR count). The van der Waals surface area contributed by atoms with E-state index in [2.05, 4.69) is 5.32 Å². The van der Waals surface area contributed by atoms with E-state index in [1.807, 2.05) is 0 Å². The predicted molar refractivity (Wildman–Crippen MR) is 64.4 cm³/mol. The van der Waals surface area contributed by atoms with Gasteiger partial charge in [-0.05, 0) is 11.6 Å². The number of nitrogens with two attached hydrogens (primary N) is 1. The van der Waals surface area contributed by atoms with E-state index in [9.17, 15) is 22.0 Å². The summed E-state index contributed by atoms with van der Waals surface area (Å²) in [5, 5.41) is 2.17. The lowest BCUT2D eigenvalue weighted by molar-refractivity contribution is 0.381. The minimum atomic E-state index is -2.19. The van der Waals surface area contributed by atoms with Gasteiger partial charge in [-0.3, -0.25) is 0 Å². The van der Waals surface area contributed by atoms with Crippen LogP contribution in [0.4, 0.5) is 33.3 Å². The van der Waals surface area contributed by atoms with Crippen molar-refractivity contribution in [3.05, 3.63) is 58.9 Å². The highest BCUT2D eigenvalue weighted by Crippen LogP contribution is 2.27. The van der Waals surface area contributed by atoms with Gasteiger partial charge in [0.1, 0.15) is 5.69 Å². The molecule has 2 aromatic rings. The zero-order chi connectivity index (χ0) is 14.9. The van der Waals surface area contributed by atoms with Gasteiger partial charge in [0.05, 0.1) is 0 Å². The first-order valence-corrected chi connectivity index (χ1v) is 5.52. The summed E-state index contributed by atoms with van der Waals surface area (Å²) in [5.74, 6) is -9.99. The average Bonchev–Trinajstić information content (AvgIpc) is 2.45. The smallest absolute Gasteiger partial charge is 0.200 e. The highest BCUT2D eigenvalue weighted by molar-refractivity contribution is 5.52. The molecule has 2 nitrogen and oxygen atoms in total. The summed E-state index contributed by atoms with van der Waals surface area (Å²) < 4.78 is 65.6. The first kappa shape index (κ1) is 14.1. The Bertz CT molecular complexity index is 628. The van der Waals surface area contributed by atoms with Gasteiger partial charge in [0.15, 0.2) is 23.3 Å². The normalized spacial score (nSPS) is 10.7. The van der Waals surface area contributed by atoms with Gasteiger partial charge in [-0.2, -0.15) is 0 Å². The van der Waals surface area contributed by atoms with Gasteiger partial charge >= 0.3 is 0 Å². The minimum absolute atomic E-state index is 0.176. The number of anilines is 2. The van der Waals surface area contributed by atoms with Gasteiger partial charge in [-0.15, -0.1) is 0 Å². The lowest BCUT2D eigenvalue weighted by Gasteiger charge is -2.12. The third-order valence-electron chi connectivity index (χ3n) is 2.72. The molecule has 0 fully saturated rings. The molecule has 2 aromatic carbocycles. The summed E-state index contributed by atoms with van der Waals surface area (Å²) >= 11 is 0. The zero-order valence-electron chi connectivity index (χ0n) is 9.98. The second kappa shape index (κ2) is 5.36. The number of hydrogen-bond donors (Lipinski definition) is 2. The van der Waals surface area contributed by atoms with Gasteiger partial charge in [-0.25, -0.2) is 22.0 Å². The Kier molecular flexibility index (Phi) is 3.78. The van der Waals surface area contributed by atoms with Crippen molar-refractivity contribution in [3.8, 4) is 0 Å². The van der Waals surface area contributed by atoms with E-state index in [1.54, 1.807) is 24.3 Å². The number of nitrogens with one attached hydrogen (secondary N) is 1. The van der Waals surface area contributed by atoms with Gasteiger partial charge in [0.25, 0.3) is 0 Å². The van der Waals surface area contributed by atoms with Crippen LogP contribution in [0.1, 0.15) is 5.56 Å². The summed E-state index contributed by atoms with van der Waals surface area (Å²) in [4.78, 5) is 0. The molecule has 0 bridgehead atoms. The van der Waals surface area contributed by atoms with Crippen molar-refractivity contribution in [2.24, 2.45) is 0 Å². The summed E-state index contributed by atoms with van der Waals surface area (Å²) in [6.07, 6.45) is 0. The molecule has 0 aromatic heterocycles. The maximum Gasteiger partial charge on any atom is 0.200 e. The molecule has 106 valence electrons. The standard InChI is InChI=1S/C13H9F5N2/c14-8-9(15)11(17)13(12(18)10(8)16)20-5-6-3-1-2-4-7(6)19/h1-4,20H,5,19H2. The van der Waals surface area contributed by atoms with Gasteiger partial charge in [0, 0.05) is 12.2 Å². The summed E-state index contributed by atoms with van der Waals surface area (Å²) in [7, 11) is 0. The van der Waals surface area contributed by atoms with Gasteiger partial charge in [-0.1, -0.05) is 18.2 Å². The quantitative estimate of drug-likeness (QED) is 0.392. The second-order valence-corrected chi connectivity index (χ2v) is 4.00. The zero-order valence-corrected chi connectivity index (χ0v) is 9.98. The van der Waals surface area contributed by atoms with Crippen LogP contribution >= 0.6 is 0 Å². The van der Waals surface area contributed by atoms with Crippen molar-refractivity contribution in [2.75, 3.05) is 11.1 Å². The van der Waals surface area contributed by atoms with Crippen LogP contribution in [0.15, 0.2) is 24.3 Å². The highest BCUT2D eigenvalue weighted by Gasteiger charge is 2.25. The molecule has 0 saturated carbocycles. The van der Waals surface area contributed by atoms with Crippen LogP contribution in [0, 0.1) is 29.1 Å². The Hall–Kier alpha value is -2.31. The van der Waals surface area contributed by atoms with Gasteiger partial charge in [0.2, 0.25) is 5.82 Å². The molecule has 0 saturated heterocycles. The molecule has 0 spiro atoms. The molecular formula is C13H9F5N2. The van der Waals surface area contributed by atoms with E-state index in [0.29, 0.717) is 11.3 Å². The van der Waals surface area contributed by atoms with E-state index in [-0.39, 0.29) is 6.54 Å². The number of para-hydroxylation sites is 1. The van der Waals surface area contributed by atoms with E-state index in [0.717, 1.165) is 0 Å². The highest BCUT2D eigenvalue weighted by atomic mass is 19.2. The lowest BCUT2D eigenvalue weighted by Crippen LogP contribution is -2.10. The molecule has 0 amide bonds. The van der Waals surface area contributed by atoms with Gasteiger partial charge < -0.3 is 11.1 Å². The first-order chi connectivity index (χ1) is 9.43. The minimum Gasteiger partial charge on any atom is -0.398 e. The molecule has 3 N–H and O–H groups in total. The fourth-order valence-corrected chi connectivity index (χ4v) is 1.64. The predicted octanol–water partition coefficient (Wildman–Crippen LogP) is 3.58. The maximum absolute atomic E-state index is 13.4. The fraction of sp³-hybridized carbons (Fsp3) is 0.0769. The molecule has 0 heterocycles. The Balaban J connectivity index is 2.33. The Morgan fingerprint density at radius 2 is 1.30 bits per heavy atom. The first-order valence-electron chi connectivity index (χ1n) is 5.52. The van der Waals surface area contributed by atoms with Crippen LogP contribution in [0.3, 0.4) is 0 Å². The van der Waals surface area contributed by atoms with Crippen molar-refractivity contribution < 1.29 is 22.0 Å². The van der Waals surface area contributed by atoms with Crippen LogP contribution in [0.25, 0.3) is 0 Å². The molecule has 0 aliphatic heterocycles. The molecule has 0 unspecified atom stereocenters. The van der Waals surface area contributed by atoms with Crippen LogP contribution in [0.2, 0.25) is 0 Å². The Labute approximate surface area is 111 Å². The van der Waals surface area contributed by atoms with Crippen molar-refractivity contribution in [3.63, 3.8) is 0 Å². The number of hydrogen-bond acceptors (Lipinski definition) is 2. The topological polar surface area (TPSA) is 38.0 Å². The van der Waals surface area contributed by atoms with Crippen LogP contribution < -0.4 is 11.1 Å². The second-order valence-electron chi connectivity index (χ2n) is 4.00. The van der Waals surface area contributed by atoms with Crippen molar-refractivity contribution in [1.29, 1.82) is 0 Å². The van der Waals surface area contributed by atoms with E-state index >= 15 is 0 Å². The largest absolute Gasteiger partial charge is 0.398 e. The summed E-state index contributed by atoms with van der Waals surface area (Å²) in [6, 6.07) is 6.40. The molecule has 0 aliphatic rings. The third kappa shape index (κ3) is 2.38. The van der Waals surface area contributed by atoms with Crippen LogP contribution in [-0.2, 0) is 6.54 Å². The van der Waals surface area contributed by atoms with E-state index in [1.165, 1.54) is 0 Å². The number of rotatable bonds is 3. The monoisotopic (exact) mass is 288 g/mol. The molecule has 20 heavy (non-hydrogen) atoms. The SMILES string of the molecule is Nc1ccccc1CNc1c(F)c(F)c(F)c(F)c1F. The van der Waals surface area contributed by atoms with Crippen molar-refractivity contribution in [2.45, 2.75) is 6.54 Å². The van der Waals surface area contributed by atoms with E-state index < -0.39 is 34.8 Å². The number of halogens is 5. The molecular weight excluding hydrogens is 279 g/mol. The lowest BCUT2D eigenvalue weighted by atomic mass is 10.1. The Morgan fingerprint density at radius 3 is 1.85 bits per heavy atom. The molecule has 0 radical (unpaired) electrons.